The van der Waals surface area contributed by atoms with Gasteiger partial charge in [-0.15, -0.1) is 10.2 Å². The molecule has 1 saturated heterocycles. The topological polar surface area (TPSA) is 101 Å². The molecule has 1 aliphatic rings. The summed E-state index contributed by atoms with van der Waals surface area (Å²) in [5.74, 6) is 0.573. The van der Waals surface area contributed by atoms with Gasteiger partial charge in [0.1, 0.15) is 5.69 Å². The number of amides is 1. The van der Waals surface area contributed by atoms with Gasteiger partial charge in [0.25, 0.3) is 5.91 Å². The van der Waals surface area contributed by atoms with Gasteiger partial charge in [-0.05, 0) is 57.0 Å². The molecule has 170 valence electrons. The second-order valence-corrected chi connectivity index (χ2v) is 9.17. The first-order valence-corrected chi connectivity index (χ1v) is 11.5. The minimum atomic E-state index is -0.104. The number of fused-ring (bicyclic) bond motifs is 2. The summed E-state index contributed by atoms with van der Waals surface area (Å²) in [6.07, 6.45) is 3.13. The van der Waals surface area contributed by atoms with Gasteiger partial charge in [0.15, 0.2) is 11.5 Å². The predicted molar refractivity (Wildman–Crippen MR) is 129 cm³/mol. The number of hydrogen-bond donors (Lipinski definition) is 2. The minimum absolute atomic E-state index is 0.0720. The summed E-state index contributed by atoms with van der Waals surface area (Å²) in [5.41, 5.74) is 10.1. The lowest BCUT2D eigenvalue weighted by atomic mass is 10.1. The average molecular weight is 444 g/mol. The lowest BCUT2D eigenvalue weighted by Gasteiger charge is -2.24. The van der Waals surface area contributed by atoms with E-state index in [1.54, 1.807) is 0 Å². The highest BCUT2D eigenvalue weighted by Crippen LogP contribution is 2.27. The van der Waals surface area contributed by atoms with E-state index in [-0.39, 0.29) is 24.0 Å². The van der Waals surface area contributed by atoms with Crippen molar-refractivity contribution in [3.8, 4) is 11.5 Å². The van der Waals surface area contributed by atoms with Gasteiger partial charge < -0.3 is 11.1 Å². The van der Waals surface area contributed by atoms with Gasteiger partial charge >= 0.3 is 0 Å². The van der Waals surface area contributed by atoms with Crippen LogP contribution in [0.5, 0.6) is 0 Å². The predicted octanol–water partition coefficient (Wildman–Crippen LogP) is 3.18. The Labute approximate surface area is 192 Å². The summed E-state index contributed by atoms with van der Waals surface area (Å²) in [6.45, 7) is 8.01. The molecule has 0 spiro atoms. The van der Waals surface area contributed by atoms with Crippen molar-refractivity contribution < 1.29 is 4.79 Å². The molecule has 4 heterocycles. The molecule has 1 unspecified atom stereocenters. The van der Waals surface area contributed by atoms with Crippen LogP contribution in [0.4, 0.5) is 0 Å². The van der Waals surface area contributed by atoms with Crippen molar-refractivity contribution in [3.05, 3.63) is 59.8 Å². The zero-order valence-electron chi connectivity index (χ0n) is 19.2. The highest BCUT2D eigenvalue weighted by Gasteiger charge is 2.25. The molecule has 33 heavy (non-hydrogen) atoms. The van der Waals surface area contributed by atoms with E-state index in [1.807, 2.05) is 54.6 Å². The van der Waals surface area contributed by atoms with E-state index < -0.39 is 0 Å². The molecule has 1 fully saturated rings. The molecule has 1 aromatic carbocycles. The molecular formula is C25H29N7O. The Balaban J connectivity index is 1.51. The quantitative estimate of drug-likeness (QED) is 0.491. The van der Waals surface area contributed by atoms with Gasteiger partial charge in [0.05, 0.1) is 5.52 Å². The number of carbonyl (C=O) groups is 1. The van der Waals surface area contributed by atoms with Crippen LogP contribution in [0, 0.1) is 0 Å². The number of nitrogens with zero attached hydrogens (tertiary/aromatic N) is 5. The standard InChI is InChI=1S/C25H29N7O/c1-15(2)27-25(33)18-5-4-17-6-8-21(28-22(17)12-18)24-30-29-23-9-7-19(13-32(23)24)16(3)31-11-10-20(26)14-31/h4-9,12-13,15-16,20H,10-11,14,26H2,1-3H3,(H,27,33)/t16?,20-/m0/s1. The fourth-order valence-corrected chi connectivity index (χ4v) is 4.44. The molecule has 2 atom stereocenters. The number of benzene rings is 1. The Morgan fingerprint density at radius 3 is 2.70 bits per heavy atom. The average Bonchev–Trinajstić information content (AvgIpc) is 3.43. The first kappa shape index (κ1) is 21.5. The SMILES string of the molecule is CC(C)NC(=O)c1ccc2ccc(-c3nnc4ccc(C(C)N5CC[C@H](N)C5)cn34)nc2c1. The maximum absolute atomic E-state index is 12.4. The van der Waals surface area contributed by atoms with Crippen LogP contribution >= 0.6 is 0 Å². The van der Waals surface area contributed by atoms with Crippen molar-refractivity contribution in [2.24, 2.45) is 5.73 Å². The monoisotopic (exact) mass is 443 g/mol. The number of rotatable bonds is 5. The minimum Gasteiger partial charge on any atom is -0.350 e. The molecule has 3 aromatic heterocycles. The van der Waals surface area contributed by atoms with Gasteiger partial charge in [-0.3, -0.25) is 14.1 Å². The van der Waals surface area contributed by atoms with Crippen LogP contribution in [0.25, 0.3) is 28.1 Å². The van der Waals surface area contributed by atoms with Crippen molar-refractivity contribution >= 4 is 22.5 Å². The lowest BCUT2D eigenvalue weighted by Crippen LogP contribution is -2.29. The first-order chi connectivity index (χ1) is 15.9. The number of pyridine rings is 2. The fraction of sp³-hybridized carbons (Fsp3) is 0.360. The summed E-state index contributed by atoms with van der Waals surface area (Å²) in [6, 6.07) is 14.2. The van der Waals surface area contributed by atoms with E-state index in [0.717, 1.165) is 36.1 Å². The number of carbonyl (C=O) groups excluding carboxylic acids is 1. The second kappa shape index (κ2) is 8.53. The third-order valence-electron chi connectivity index (χ3n) is 6.31. The number of nitrogens with two attached hydrogens (primary N) is 1. The molecular weight excluding hydrogens is 414 g/mol. The zero-order chi connectivity index (χ0) is 23.1. The maximum Gasteiger partial charge on any atom is 0.251 e. The summed E-state index contributed by atoms with van der Waals surface area (Å²) < 4.78 is 1.99. The van der Waals surface area contributed by atoms with Gasteiger partial charge in [-0.2, -0.15) is 0 Å². The van der Waals surface area contributed by atoms with Crippen LogP contribution in [0.1, 0.15) is 49.2 Å². The summed E-state index contributed by atoms with van der Waals surface area (Å²) in [4.78, 5) is 19.7. The zero-order valence-corrected chi connectivity index (χ0v) is 19.2. The van der Waals surface area contributed by atoms with Crippen molar-refractivity contribution in [2.75, 3.05) is 13.1 Å². The molecule has 0 radical (unpaired) electrons. The van der Waals surface area contributed by atoms with Crippen molar-refractivity contribution in [1.82, 2.24) is 29.8 Å². The Morgan fingerprint density at radius 2 is 1.94 bits per heavy atom. The number of aromatic nitrogens is 4. The summed E-state index contributed by atoms with van der Waals surface area (Å²) in [7, 11) is 0. The fourth-order valence-electron chi connectivity index (χ4n) is 4.44. The Hall–Kier alpha value is -3.36. The Bertz CT molecular complexity index is 1330. The van der Waals surface area contributed by atoms with Crippen molar-refractivity contribution in [2.45, 2.75) is 45.3 Å². The van der Waals surface area contributed by atoms with Gasteiger partial charge in [-0.25, -0.2) is 4.98 Å². The number of likely N-dealkylation sites (tertiary alicyclic amines) is 1. The Kier molecular flexibility index (Phi) is 5.55. The summed E-state index contributed by atoms with van der Waals surface area (Å²) >= 11 is 0. The van der Waals surface area contributed by atoms with Crippen LogP contribution in [0.15, 0.2) is 48.7 Å². The van der Waals surface area contributed by atoms with E-state index in [1.165, 1.54) is 5.56 Å². The third kappa shape index (κ3) is 4.19. The normalized spacial score (nSPS) is 17.8. The van der Waals surface area contributed by atoms with E-state index in [4.69, 9.17) is 10.7 Å². The molecule has 0 bridgehead atoms. The smallest absolute Gasteiger partial charge is 0.251 e. The van der Waals surface area contributed by atoms with Gasteiger partial charge in [-0.1, -0.05) is 18.2 Å². The highest BCUT2D eigenvalue weighted by atomic mass is 16.1. The van der Waals surface area contributed by atoms with Crippen LogP contribution in [0.2, 0.25) is 0 Å². The van der Waals surface area contributed by atoms with Crippen molar-refractivity contribution in [1.29, 1.82) is 0 Å². The van der Waals surface area contributed by atoms with Gasteiger partial charge in [0, 0.05) is 48.4 Å². The highest BCUT2D eigenvalue weighted by molar-refractivity contribution is 5.98. The van der Waals surface area contributed by atoms with Crippen LogP contribution in [0.3, 0.4) is 0 Å². The first-order valence-electron chi connectivity index (χ1n) is 11.5. The molecule has 0 aliphatic carbocycles. The van der Waals surface area contributed by atoms with Crippen LogP contribution in [-0.4, -0.2) is 55.6 Å². The molecule has 8 heteroatoms. The van der Waals surface area contributed by atoms with Crippen LogP contribution in [-0.2, 0) is 0 Å². The van der Waals surface area contributed by atoms with E-state index in [0.29, 0.717) is 17.1 Å². The van der Waals surface area contributed by atoms with Gasteiger partial charge in [0.2, 0.25) is 0 Å². The van der Waals surface area contributed by atoms with E-state index >= 15 is 0 Å². The van der Waals surface area contributed by atoms with E-state index in [2.05, 4.69) is 39.6 Å². The number of hydrogen-bond acceptors (Lipinski definition) is 6. The Morgan fingerprint density at radius 1 is 1.12 bits per heavy atom. The lowest BCUT2D eigenvalue weighted by molar-refractivity contribution is 0.0943. The second-order valence-electron chi connectivity index (χ2n) is 9.17. The molecule has 3 N–H and O–H groups in total. The van der Waals surface area contributed by atoms with Crippen LogP contribution < -0.4 is 11.1 Å². The third-order valence-corrected chi connectivity index (χ3v) is 6.31. The molecule has 0 saturated carbocycles. The molecule has 5 rings (SSSR count). The molecule has 8 nitrogen and oxygen atoms in total. The largest absolute Gasteiger partial charge is 0.350 e. The molecule has 4 aromatic rings. The molecule has 1 aliphatic heterocycles. The van der Waals surface area contributed by atoms with Crippen molar-refractivity contribution in [3.63, 3.8) is 0 Å². The molecule has 1 amide bonds. The number of nitrogens with one attached hydrogen (secondary N) is 1. The summed E-state index contributed by atoms with van der Waals surface area (Å²) in [5, 5.41) is 12.6. The maximum atomic E-state index is 12.4. The van der Waals surface area contributed by atoms with E-state index in [9.17, 15) is 4.79 Å².